The second-order valence-corrected chi connectivity index (χ2v) is 6.22. The minimum atomic E-state index is -4.94. The van der Waals surface area contributed by atoms with Gasteiger partial charge in [0.05, 0.1) is 19.6 Å². The molecule has 7 heteroatoms. The van der Waals surface area contributed by atoms with Crippen LogP contribution in [0.5, 0.6) is 0 Å². The van der Waals surface area contributed by atoms with Gasteiger partial charge in [0.15, 0.2) is 0 Å². The lowest BCUT2D eigenvalue weighted by molar-refractivity contribution is -2.00. The third-order valence-electron chi connectivity index (χ3n) is 2.78. The van der Waals surface area contributed by atoms with E-state index in [-0.39, 0.29) is 0 Å². The van der Waals surface area contributed by atoms with Gasteiger partial charge in [-0.3, -0.25) is 0 Å². The minimum Gasteiger partial charge on any atom is -0.335 e. The fourth-order valence-corrected chi connectivity index (χ4v) is 2.55. The van der Waals surface area contributed by atoms with E-state index in [0.717, 1.165) is 0 Å². The minimum absolute atomic E-state index is 0.578. The average molecular weight is 291 g/mol. The molecule has 5 nitrogen and oxygen atoms in total. The van der Waals surface area contributed by atoms with E-state index in [0.29, 0.717) is 4.32 Å². The van der Waals surface area contributed by atoms with E-state index >= 15 is 0 Å². The van der Waals surface area contributed by atoms with Crippen LogP contribution in [0.15, 0.2) is 0 Å². The monoisotopic (exact) mass is 289 g/mol. The van der Waals surface area contributed by atoms with Crippen LogP contribution in [0.4, 0.5) is 0 Å². The van der Waals surface area contributed by atoms with E-state index in [4.69, 9.17) is 18.6 Å². The maximum absolute atomic E-state index is 8.49. The van der Waals surface area contributed by atoms with Gasteiger partial charge in [-0.15, -0.1) is 10.2 Å². The molecule has 0 unspecified atom stereocenters. The van der Waals surface area contributed by atoms with Gasteiger partial charge in [0.1, 0.15) is 0 Å². The van der Waals surface area contributed by atoms with Gasteiger partial charge in [-0.05, 0) is 0 Å². The Kier molecular flexibility index (Phi) is 4.16. The number of hydrogen-bond donors (Lipinski definition) is 1. The molecular formula is C7H13BrClNO4. The number of halogens is 2. The summed E-state index contributed by atoms with van der Waals surface area (Å²) in [5, 5.41) is 0. The van der Waals surface area contributed by atoms with Gasteiger partial charge in [-0.1, -0.05) is 15.9 Å². The molecule has 0 aliphatic carbocycles. The third kappa shape index (κ3) is 4.88. The largest absolute Gasteiger partial charge is 0.335 e. The van der Waals surface area contributed by atoms with Gasteiger partial charge in [0.25, 0.3) is 0 Å². The molecule has 3 heterocycles. The first-order chi connectivity index (χ1) is 6.29. The highest BCUT2D eigenvalue weighted by atomic mass is 79.9. The van der Waals surface area contributed by atoms with Gasteiger partial charge in [0, 0.05) is 23.6 Å². The first kappa shape index (κ1) is 12.6. The second-order valence-electron chi connectivity index (χ2n) is 3.78. The van der Waals surface area contributed by atoms with Crippen molar-refractivity contribution in [2.24, 2.45) is 0 Å². The van der Waals surface area contributed by atoms with Gasteiger partial charge >= 0.3 is 0 Å². The molecule has 14 heavy (non-hydrogen) atoms. The summed E-state index contributed by atoms with van der Waals surface area (Å²) >= 11 is 3.82. The highest BCUT2D eigenvalue weighted by molar-refractivity contribution is 9.10. The first-order valence-electron chi connectivity index (χ1n) is 4.43. The molecule has 0 radical (unpaired) electrons. The molecule has 2 bridgehead atoms. The van der Waals surface area contributed by atoms with Crippen LogP contribution < -0.4 is 23.5 Å². The summed E-state index contributed by atoms with van der Waals surface area (Å²) in [6.45, 7) is 4.22. The molecule has 3 fully saturated rings. The third-order valence-corrected chi connectivity index (χ3v) is 3.97. The molecule has 3 aliphatic rings. The predicted octanol–water partition coefficient (Wildman–Crippen LogP) is -4.55. The SMILES string of the molecule is BrC12CC[NH+](CC1)CC2.[O-][Cl+3]([O-])([O-])[O-]. The molecule has 0 aromatic carbocycles. The fourth-order valence-electron chi connectivity index (χ4n) is 1.95. The summed E-state index contributed by atoms with van der Waals surface area (Å²) in [6.07, 6.45) is 4.22. The molecule has 0 spiro atoms. The number of hydrogen-bond acceptors (Lipinski definition) is 4. The Morgan fingerprint density at radius 1 is 0.929 bits per heavy atom. The predicted molar refractivity (Wildman–Crippen MR) is 41.1 cm³/mol. The summed E-state index contributed by atoms with van der Waals surface area (Å²) in [6, 6.07) is 0. The van der Waals surface area contributed by atoms with Gasteiger partial charge in [-0.25, -0.2) is 18.6 Å². The van der Waals surface area contributed by atoms with Crippen molar-refractivity contribution < 1.29 is 33.8 Å². The highest BCUT2D eigenvalue weighted by Gasteiger charge is 2.39. The Morgan fingerprint density at radius 3 is 1.36 bits per heavy atom. The molecule has 0 atom stereocenters. The standard InChI is InChI=1S/C7H12BrN.ClHO4/c8-7-1-4-9(5-2-7)6-3-7;2-1(3,4)5/h1-6H2;(H,2,3,4,5). The van der Waals surface area contributed by atoms with Crippen LogP contribution in [-0.2, 0) is 0 Å². The van der Waals surface area contributed by atoms with Crippen LogP contribution in [0.3, 0.4) is 0 Å². The molecule has 0 aromatic heterocycles. The Hall–Kier alpha value is 0.570. The number of piperidine rings is 3. The lowest BCUT2D eigenvalue weighted by Crippen LogP contribution is -3.15. The Bertz CT molecular complexity index is 171. The molecule has 3 rings (SSSR count). The number of nitrogens with one attached hydrogen (secondary N) is 1. The lowest BCUT2D eigenvalue weighted by Gasteiger charge is -2.41. The van der Waals surface area contributed by atoms with E-state index < -0.39 is 10.2 Å². The van der Waals surface area contributed by atoms with Gasteiger partial charge in [-0.2, -0.15) is 0 Å². The number of rotatable bonds is 0. The molecular weight excluding hydrogens is 277 g/mol. The van der Waals surface area contributed by atoms with Crippen molar-refractivity contribution in [2.75, 3.05) is 19.6 Å². The highest BCUT2D eigenvalue weighted by Crippen LogP contribution is 2.32. The second kappa shape index (κ2) is 4.61. The summed E-state index contributed by atoms with van der Waals surface area (Å²) in [5.41, 5.74) is 0. The zero-order chi connectivity index (χ0) is 10.8. The smallest absolute Gasteiger partial charge is 0.0784 e. The van der Waals surface area contributed by atoms with Crippen molar-refractivity contribution >= 4 is 15.9 Å². The topological polar surface area (TPSA) is 96.7 Å². The molecule has 0 aromatic rings. The van der Waals surface area contributed by atoms with Crippen LogP contribution in [0.25, 0.3) is 0 Å². The van der Waals surface area contributed by atoms with Crippen molar-refractivity contribution in [3.63, 3.8) is 0 Å². The van der Waals surface area contributed by atoms with Crippen molar-refractivity contribution in [2.45, 2.75) is 23.6 Å². The van der Waals surface area contributed by atoms with Crippen LogP contribution >= 0.6 is 15.9 Å². The zero-order valence-corrected chi connectivity index (χ0v) is 9.97. The molecule has 1 N–H and O–H groups in total. The van der Waals surface area contributed by atoms with Crippen molar-refractivity contribution in [1.82, 2.24) is 0 Å². The summed E-state index contributed by atoms with van der Waals surface area (Å²) in [4.78, 5) is 1.83. The van der Waals surface area contributed by atoms with Crippen LogP contribution in [0.1, 0.15) is 19.3 Å². The quantitative estimate of drug-likeness (QED) is 0.454. The number of alkyl halides is 1. The Morgan fingerprint density at radius 2 is 1.21 bits per heavy atom. The normalized spacial score (nSPS) is 36.2. The fraction of sp³-hybridized carbons (Fsp3) is 1.00. The molecule has 0 amide bonds. The van der Waals surface area contributed by atoms with Crippen LogP contribution in [-0.4, -0.2) is 24.0 Å². The molecule has 84 valence electrons. The van der Waals surface area contributed by atoms with E-state index in [9.17, 15) is 0 Å². The van der Waals surface area contributed by atoms with E-state index in [2.05, 4.69) is 15.9 Å². The zero-order valence-electron chi connectivity index (χ0n) is 7.63. The van der Waals surface area contributed by atoms with Crippen molar-refractivity contribution in [3.05, 3.63) is 0 Å². The Balaban J connectivity index is 0.000000171. The average Bonchev–Trinajstić information content (AvgIpc) is 2.02. The molecule has 3 aliphatic heterocycles. The first-order valence-corrected chi connectivity index (χ1v) is 6.45. The van der Waals surface area contributed by atoms with E-state index in [1.54, 1.807) is 0 Å². The van der Waals surface area contributed by atoms with E-state index in [1.807, 2.05) is 4.90 Å². The number of quaternary nitrogens is 1. The van der Waals surface area contributed by atoms with E-state index in [1.165, 1.54) is 38.9 Å². The Labute approximate surface area is 93.2 Å². The maximum atomic E-state index is 8.49. The van der Waals surface area contributed by atoms with Crippen molar-refractivity contribution in [1.29, 1.82) is 0 Å². The van der Waals surface area contributed by atoms with Crippen LogP contribution in [0.2, 0.25) is 0 Å². The molecule has 0 saturated carbocycles. The summed E-state index contributed by atoms with van der Waals surface area (Å²) < 4.78 is 34.6. The van der Waals surface area contributed by atoms with Gasteiger partial charge < -0.3 is 4.90 Å². The summed E-state index contributed by atoms with van der Waals surface area (Å²) in [7, 11) is -4.94. The van der Waals surface area contributed by atoms with Gasteiger partial charge in [0.2, 0.25) is 0 Å². The maximum Gasteiger partial charge on any atom is 0.0784 e. The summed E-state index contributed by atoms with van der Waals surface area (Å²) in [5.74, 6) is 0. The molecule has 3 saturated heterocycles. The van der Waals surface area contributed by atoms with Crippen LogP contribution in [0, 0.1) is 10.2 Å². The van der Waals surface area contributed by atoms with Crippen molar-refractivity contribution in [3.8, 4) is 0 Å². The lowest BCUT2D eigenvalue weighted by atomic mass is 9.88. The number of fused-ring (bicyclic) bond motifs is 3.